The van der Waals surface area contributed by atoms with Gasteiger partial charge in [-0.25, -0.2) is 0 Å². The van der Waals surface area contributed by atoms with Gasteiger partial charge in [-0.3, -0.25) is 14.9 Å². The summed E-state index contributed by atoms with van der Waals surface area (Å²) in [7, 11) is 0.889. The molecule has 1 heterocycles. The summed E-state index contributed by atoms with van der Waals surface area (Å²) in [6.07, 6.45) is 2.01. The van der Waals surface area contributed by atoms with Crippen molar-refractivity contribution in [1.29, 1.82) is 0 Å². The zero-order chi connectivity index (χ0) is 10.3. The standard InChI is InChI=1S/C7H8O2.CH3NO2.2CH4/c1-2-6(8)7-4-3-5-9-7;1-2(3)4;;/h3-5H,2H2,1H3;1H3;2*1H4. The topological polar surface area (TPSA) is 73.3 Å². The summed E-state index contributed by atoms with van der Waals surface area (Å²) in [5, 5.41) is 8.81. The van der Waals surface area contributed by atoms with E-state index in [1.54, 1.807) is 12.1 Å². The number of nitrogens with zero attached hydrogens (tertiary/aromatic N) is 1. The van der Waals surface area contributed by atoms with E-state index in [0.29, 0.717) is 12.2 Å². The quantitative estimate of drug-likeness (QED) is 0.433. The van der Waals surface area contributed by atoms with Crippen molar-refractivity contribution in [3.63, 3.8) is 0 Å². The molecule has 0 atom stereocenters. The molecule has 0 radical (unpaired) electrons. The number of hydrogen-bond acceptors (Lipinski definition) is 4. The molecule has 0 unspecified atom stereocenters. The van der Waals surface area contributed by atoms with Gasteiger partial charge in [0.25, 0.3) is 0 Å². The molecule has 0 aliphatic heterocycles. The predicted octanol–water partition coefficient (Wildman–Crippen LogP) is 3.04. The van der Waals surface area contributed by atoms with Gasteiger partial charge < -0.3 is 4.42 Å². The van der Waals surface area contributed by atoms with Crippen LogP contribution in [0.5, 0.6) is 0 Å². The molecule has 0 aromatic carbocycles. The molecule has 0 spiro atoms. The second kappa shape index (κ2) is 10.4. The van der Waals surface area contributed by atoms with Gasteiger partial charge in [0.1, 0.15) is 0 Å². The fourth-order valence-corrected chi connectivity index (χ4v) is 0.611. The zero-order valence-electron chi connectivity index (χ0n) is 7.52. The van der Waals surface area contributed by atoms with E-state index in [0.717, 1.165) is 7.05 Å². The van der Waals surface area contributed by atoms with Crippen LogP contribution in [0.1, 0.15) is 38.8 Å². The average molecular weight is 217 g/mol. The molecule has 1 rings (SSSR count). The van der Waals surface area contributed by atoms with Crippen LogP contribution in [0.4, 0.5) is 0 Å². The van der Waals surface area contributed by atoms with Gasteiger partial charge in [-0.2, -0.15) is 0 Å². The van der Waals surface area contributed by atoms with Crippen LogP contribution in [-0.2, 0) is 0 Å². The van der Waals surface area contributed by atoms with Gasteiger partial charge in [0.15, 0.2) is 18.6 Å². The fraction of sp³-hybridized carbons (Fsp3) is 0.500. The minimum Gasteiger partial charge on any atom is -0.461 e. The first-order valence-corrected chi connectivity index (χ1v) is 3.72. The van der Waals surface area contributed by atoms with Gasteiger partial charge >= 0.3 is 0 Å². The third kappa shape index (κ3) is 10.3. The number of hydrogen-bond donors (Lipinski definition) is 0. The fourth-order valence-electron chi connectivity index (χ4n) is 0.611. The van der Waals surface area contributed by atoms with Crippen LogP contribution in [0.25, 0.3) is 0 Å². The van der Waals surface area contributed by atoms with Crippen LogP contribution < -0.4 is 0 Å². The lowest BCUT2D eigenvalue weighted by atomic mass is 10.2. The van der Waals surface area contributed by atoms with Gasteiger partial charge in [0.05, 0.1) is 6.26 Å². The third-order valence-corrected chi connectivity index (χ3v) is 1.12. The Bertz CT molecular complexity index is 263. The highest BCUT2D eigenvalue weighted by Gasteiger charge is 2.02. The number of carbonyl (C=O) groups excluding carboxylic acids is 1. The first kappa shape index (κ1) is 19.0. The van der Waals surface area contributed by atoms with Gasteiger partial charge in [0.2, 0.25) is 0 Å². The molecule has 5 heteroatoms. The largest absolute Gasteiger partial charge is 0.461 e. The van der Waals surface area contributed by atoms with Crippen LogP contribution in [0.2, 0.25) is 0 Å². The first-order chi connectivity index (χ1) is 6.07. The molecule has 0 aliphatic rings. The zero-order valence-corrected chi connectivity index (χ0v) is 7.52. The SMILES string of the molecule is C.C.CCC(=O)c1ccco1.C[N+](=O)[O-]. The number of Topliss-reactive ketones (excluding diaryl/α,β-unsaturated/α-hetero) is 1. The highest BCUT2D eigenvalue weighted by atomic mass is 16.6. The smallest absolute Gasteiger partial charge is 0.197 e. The van der Waals surface area contributed by atoms with E-state index < -0.39 is 4.92 Å². The van der Waals surface area contributed by atoms with E-state index in [9.17, 15) is 4.79 Å². The van der Waals surface area contributed by atoms with Crippen molar-refractivity contribution in [1.82, 2.24) is 0 Å². The highest BCUT2D eigenvalue weighted by Crippen LogP contribution is 2.02. The second-order valence-corrected chi connectivity index (χ2v) is 2.19. The maximum absolute atomic E-state index is 10.8. The van der Waals surface area contributed by atoms with Crippen molar-refractivity contribution in [2.45, 2.75) is 28.2 Å². The molecule has 5 nitrogen and oxygen atoms in total. The van der Waals surface area contributed by atoms with Gasteiger partial charge in [-0.05, 0) is 12.1 Å². The van der Waals surface area contributed by atoms with E-state index in [2.05, 4.69) is 0 Å². The molecule has 0 saturated heterocycles. The van der Waals surface area contributed by atoms with Crippen LogP contribution >= 0.6 is 0 Å². The summed E-state index contributed by atoms with van der Waals surface area (Å²) in [5.41, 5.74) is 0. The normalized spacial score (nSPS) is 7.33. The van der Waals surface area contributed by atoms with Gasteiger partial charge in [-0.15, -0.1) is 0 Å². The summed E-state index contributed by atoms with van der Waals surface area (Å²) in [5.74, 6) is 0.512. The molecule has 0 fully saturated rings. The number of ketones is 1. The summed E-state index contributed by atoms with van der Waals surface area (Å²) in [6, 6.07) is 3.38. The molecule has 1 aromatic rings. The van der Waals surface area contributed by atoms with E-state index in [4.69, 9.17) is 14.5 Å². The molecule has 0 N–H and O–H groups in total. The molecule has 1 aromatic heterocycles. The van der Waals surface area contributed by atoms with E-state index in [1.165, 1.54) is 6.26 Å². The molecule has 0 aliphatic carbocycles. The summed E-state index contributed by atoms with van der Waals surface area (Å²) < 4.78 is 4.84. The van der Waals surface area contributed by atoms with Crippen molar-refractivity contribution in [3.8, 4) is 0 Å². The number of nitro groups is 1. The van der Waals surface area contributed by atoms with Crippen LogP contribution in [0, 0.1) is 10.1 Å². The van der Waals surface area contributed by atoms with Crippen LogP contribution in [-0.4, -0.2) is 17.8 Å². The molecular weight excluding hydrogens is 198 g/mol. The monoisotopic (exact) mass is 217 g/mol. The Kier molecular flexibility index (Phi) is 13.2. The lowest BCUT2D eigenvalue weighted by Crippen LogP contribution is -1.91. The van der Waals surface area contributed by atoms with Crippen LogP contribution in [0.3, 0.4) is 0 Å². The molecule has 0 bridgehead atoms. The average Bonchev–Trinajstić information content (AvgIpc) is 2.54. The number of furan rings is 1. The predicted molar refractivity (Wildman–Crippen MR) is 59.7 cm³/mol. The minimum absolute atomic E-state index is 0. The summed E-state index contributed by atoms with van der Waals surface area (Å²) >= 11 is 0. The highest BCUT2D eigenvalue weighted by molar-refractivity contribution is 5.93. The lowest BCUT2D eigenvalue weighted by molar-refractivity contribution is -0.445. The Morgan fingerprint density at radius 3 is 2.27 bits per heavy atom. The molecule has 0 saturated carbocycles. The minimum atomic E-state index is -0.500. The third-order valence-electron chi connectivity index (χ3n) is 1.12. The summed E-state index contributed by atoms with van der Waals surface area (Å²) in [4.78, 5) is 19.1. The molecule has 0 amide bonds. The number of rotatable bonds is 2. The van der Waals surface area contributed by atoms with Gasteiger partial charge in [0, 0.05) is 11.3 Å². The molecular formula is C10H19NO4. The van der Waals surface area contributed by atoms with Crippen molar-refractivity contribution in [3.05, 3.63) is 34.3 Å². The maximum atomic E-state index is 10.8. The Labute approximate surface area is 90.2 Å². The van der Waals surface area contributed by atoms with Crippen molar-refractivity contribution >= 4 is 5.78 Å². The summed E-state index contributed by atoms with van der Waals surface area (Å²) in [6.45, 7) is 1.81. The first-order valence-electron chi connectivity index (χ1n) is 3.72. The van der Waals surface area contributed by atoms with Crippen LogP contribution in [0.15, 0.2) is 22.8 Å². The Morgan fingerprint density at radius 2 is 2.00 bits per heavy atom. The second-order valence-electron chi connectivity index (χ2n) is 2.19. The maximum Gasteiger partial charge on any atom is 0.197 e. The van der Waals surface area contributed by atoms with Crippen molar-refractivity contribution < 1.29 is 14.1 Å². The Morgan fingerprint density at radius 1 is 1.53 bits per heavy atom. The molecule has 15 heavy (non-hydrogen) atoms. The Hall–Kier alpha value is -1.65. The van der Waals surface area contributed by atoms with E-state index >= 15 is 0 Å². The molecule has 88 valence electrons. The Balaban J connectivity index is -0.000000213. The van der Waals surface area contributed by atoms with Crippen molar-refractivity contribution in [2.75, 3.05) is 7.05 Å². The van der Waals surface area contributed by atoms with Crippen molar-refractivity contribution in [2.24, 2.45) is 0 Å². The number of carbonyl (C=O) groups is 1. The van der Waals surface area contributed by atoms with E-state index in [-0.39, 0.29) is 20.6 Å². The van der Waals surface area contributed by atoms with E-state index in [1.807, 2.05) is 6.92 Å². The van der Waals surface area contributed by atoms with Gasteiger partial charge in [-0.1, -0.05) is 21.8 Å². The lowest BCUT2D eigenvalue weighted by Gasteiger charge is -1.86.